The Morgan fingerprint density at radius 2 is 1.71 bits per heavy atom. The quantitative estimate of drug-likeness (QED) is 0.423. The summed E-state index contributed by atoms with van der Waals surface area (Å²) in [4.78, 5) is 43.2. The van der Waals surface area contributed by atoms with E-state index in [1.165, 1.54) is 12.1 Å². The van der Waals surface area contributed by atoms with E-state index in [4.69, 9.17) is 10.2 Å². The largest absolute Gasteiger partial charge is 0.481 e. The highest BCUT2D eigenvalue weighted by Crippen LogP contribution is 2.18. The van der Waals surface area contributed by atoms with Gasteiger partial charge in [0.2, 0.25) is 0 Å². The van der Waals surface area contributed by atoms with Gasteiger partial charge in [-0.15, -0.1) is 0 Å². The van der Waals surface area contributed by atoms with Gasteiger partial charge >= 0.3 is 11.9 Å². The van der Waals surface area contributed by atoms with E-state index in [0.29, 0.717) is 0 Å². The zero-order chi connectivity index (χ0) is 16.0. The fourth-order valence-electron chi connectivity index (χ4n) is 1.72. The van der Waals surface area contributed by atoms with E-state index in [1.54, 1.807) is 0 Å². The SMILES string of the molecule is O=C(O)CCC(CC(=O)c1ccc([N+](=O)[O-])cc1)C(=O)O. The highest BCUT2D eigenvalue weighted by atomic mass is 16.6. The molecule has 0 saturated carbocycles. The number of aliphatic carboxylic acids is 2. The number of carboxylic acid groups (broad SMARTS) is 2. The molecule has 0 aliphatic rings. The standard InChI is InChI=1S/C13H13NO7/c15-11(7-9(13(18)19)3-6-12(16)17)8-1-4-10(5-2-8)14(20)21/h1-2,4-5,9H,3,6-7H2,(H,16,17)(H,18,19). The van der Waals surface area contributed by atoms with Gasteiger partial charge in [-0.05, 0) is 18.6 Å². The van der Waals surface area contributed by atoms with Gasteiger partial charge in [0.1, 0.15) is 0 Å². The number of benzene rings is 1. The summed E-state index contributed by atoms with van der Waals surface area (Å²) in [5, 5.41) is 28.0. The summed E-state index contributed by atoms with van der Waals surface area (Å²) in [7, 11) is 0. The number of nitro groups is 1. The lowest BCUT2D eigenvalue weighted by atomic mass is 9.94. The molecule has 1 aromatic carbocycles. The third-order valence-electron chi connectivity index (χ3n) is 2.89. The van der Waals surface area contributed by atoms with E-state index < -0.39 is 28.6 Å². The Balaban J connectivity index is 2.74. The molecule has 0 saturated heterocycles. The lowest BCUT2D eigenvalue weighted by Gasteiger charge is -2.10. The lowest BCUT2D eigenvalue weighted by Crippen LogP contribution is -2.19. The summed E-state index contributed by atoms with van der Waals surface area (Å²) in [5.74, 6) is -3.97. The molecule has 8 nitrogen and oxygen atoms in total. The van der Waals surface area contributed by atoms with Crippen LogP contribution in [0.5, 0.6) is 0 Å². The number of hydrogen-bond donors (Lipinski definition) is 2. The number of rotatable bonds is 8. The molecule has 0 aliphatic heterocycles. The first kappa shape index (κ1) is 16.3. The molecule has 0 aromatic heterocycles. The Labute approximate surface area is 119 Å². The van der Waals surface area contributed by atoms with Crippen molar-refractivity contribution in [3.63, 3.8) is 0 Å². The number of carboxylic acids is 2. The van der Waals surface area contributed by atoms with Gasteiger partial charge in [-0.2, -0.15) is 0 Å². The van der Waals surface area contributed by atoms with Crippen LogP contribution in [0.25, 0.3) is 0 Å². The van der Waals surface area contributed by atoms with Crippen molar-refractivity contribution < 1.29 is 29.5 Å². The number of ketones is 1. The molecule has 21 heavy (non-hydrogen) atoms. The topological polar surface area (TPSA) is 135 Å². The Bertz CT molecular complexity index is 564. The summed E-state index contributed by atoms with van der Waals surface area (Å²) < 4.78 is 0. The molecule has 2 N–H and O–H groups in total. The molecule has 0 spiro atoms. The Morgan fingerprint density at radius 1 is 1.14 bits per heavy atom. The fourth-order valence-corrected chi connectivity index (χ4v) is 1.72. The normalized spacial score (nSPS) is 11.6. The van der Waals surface area contributed by atoms with Crippen molar-refractivity contribution in [1.82, 2.24) is 0 Å². The number of carbonyl (C=O) groups is 3. The molecule has 1 atom stereocenters. The van der Waals surface area contributed by atoms with Crippen LogP contribution in [0.1, 0.15) is 29.6 Å². The number of Topliss-reactive ketones (excluding diaryl/α,β-unsaturated/α-hetero) is 1. The molecular formula is C13H13NO7. The number of nitrogens with zero attached hydrogens (tertiary/aromatic N) is 1. The van der Waals surface area contributed by atoms with E-state index in [0.717, 1.165) is 12.1 Å². The van der Waals surface area contributed by atoms with E-state index in [1.807, 2.05) is 0 Å². The fraction of sp³-hybridized carbons (Fsp3) is 0.308. The molecular weight excluding hydrogens is 282 g/mol. The van der Waals surface area contributed by atoms with Crippen LogP contribution in [0.4, 0.5) is 5.69 Å². The van der Waals surface area contributed by atoms with Gasteiger partial charge in [-0.1, -0.05) is 0 Å². The van der Waals surface area contributed by atoms with Crippen molar-refractivity contribution in [2.75, 3.05) is 0 Å². The average Bonchev–Trinajstić information content (AvgIpc) is 2.42. The van der Waals surface area contributed by atoms with Gasteiger partial charge in [0.15, 0.2) is 5.78 Å². The highest BCUT2D eigenvalue weighted by molar-refractivity contribution is 5.98. The van der Waals surface area contributed by atoms with Crippen LogP contribution in [0, 0.1) is 16.0 Å². The molecule has 0 radical (unpaired) electrons. The first-order chi connectivity index (χ1) is 9.81. The second-order valence-corrected chi connectivity index (χ2v) is 4.40. The van der Waals surface area contributed by atoms with Crippen LogP contribution in [-0.2, 0) is 9.59 Å². The monoisotopic (exact) mass is 295 g/mol. The minimum Gasteiger partial charge on any atom is -0.481 e. The van der Waals surface area contributed by atoms with E-state index in [2.05, 4.69) is 0 Å². The highest BCUT2D eigenvalue weighted by Gasteiger charge is 2.23. The van der Waals surface area contributed by atoms with Gasteiger partial charge in [-0.25, -0.2) is 0 Å². The van der Waals surface area contributed by atoms with Crippen LogP contribution >= 0.6 is 0 Å². The molecule has 1 rings (SSSR count). The Hall–Kier alpha value is -2.77. The summed E-state index contributed by atoms with van der Waals surface area (Å²) in [6.07, 6.45) is -0.839. The number of carbonyl (C=O) groups excluding carboxylic acids is 1. The predicted octanol–water partition coefficient (Wildman–Crippen LogP) is 1.73. The maximum atomic E-state index is 11.9. The number of hydrogen-bond acceptors (Lipinski definition) is 5. The third-order valence-corrected chi connectivity index (χ3v) is 2.89. The molecule has 0 bridgehead atoms. The lowest BCUT2D eigenvalue weighted by molar-refractivity contribution is -0.384. The van der Waals surface area contributed by atoms with E-state index in [9.17, 15) is 24.5 Å². The molecule has 8 heteroatoms. The van der Waals surface area contributed by atoms with Gasteiger partial charge in [0, 0.05) is 30.5 Å². The van der Waals surface area contributed by atoms with Crippen LogP contribution in [0.15, 0.2) is 24.3 Å². The van der Waals surface area contributed by atoms with Gasteiger partial charge in [-0.3, -0.25) is 24.5 Å². The summed E-state index contributed by atoms with van der Waals surface area (Å²) in [6.45, 7) is 0. The van der Waals surface area contributed by atoms with Crippen LogP contribution in [-0.4, -0.2) is 32.9 Å². The van der Waals surface area contributed by atoms with Crippen molar-refractivity contribution in [3.05, 3.63) is 39.9 Å². The van der Waals surface area contributed by atoms with E-state index >= 15 is 0 Å². The van der Waals surface area contributed by atoms with Crippen LogP contribution in [0.3, 0.4) is 0 Å². The average molecular weight is 295 g/mol. The minimum absolute atomic E-state index is 0.149. The van der Waals surface area contributed by atoms with Crippen molar-refractivity contribution in [2.45, 2.75) is 19.3 Å². The van der Waals surface area contributed by atoms with Gasteiger partial charge in [0.25, 0.3) is 5.69 Å². The zero-order valence-electron chi connectivity index (χ0n) is 10.9. The first-order valence-corrected chi connectivity index (χ1v) is 6.03. The Kier molecular flexibility index (Phi) is 5.53. The Morgan fingerprint density at radius 3 is 2.14 bits per heavy atom. The molecule has 0 aliphatic carbocycles. The van der Waals surface area contributed by atoms with Crippen molar-refractivity contribution in [3.8, 4) is 0 Å². The van der Waals surface area contributed by atoms with Crippen LogP contribution in [0.2, 0.25) is 0 Å². The number of non-ortho nitro benzene ring substituents is 1. The summed E-state index contributed by atoms with van der Waals surface area (Å²) in [5.41, 5.74) is -0.0191. The van der Waals surface area contributed by atoms with Crippen molar-refractivity contribution in [2.24, 2.45) is 5.92 Å². The molecule has 1 unspecified atom stereocenters. The van der Waals surface area contributed by atoms with Gasteiger partial charge in [0.05, 0.1) is 10.8 Å². The minimum atomic E-state index is -1.24. The van der Waals surface area contributed by atoms with Gasteiger partial charge < -0.3 is 10.2 Å². The predicted molar refractivity (Wildman–Crippen MR) is 70.0 cm³/mol. The molecule has 0 heterocycles. The third kappa shape index (κ3) is 5.01. The zero-order valence-corrected chi connectivity index (χ0v) is 10.9. The second kappa shape index (κ2) is 7.13. The number of nitro benzene ring substituents is 1. The second-order valence-electron chi connectivity index (χ2n) is 4.40. The maximum Gasteiger partial charge on any atom is 0.306 e. The molecule has 0 amide bonds. The van der Waals surface area contributed by atoms with Crippen molar-refractivity contribution in [1.29, 1.82) is 0 Å². The smallest absolute Gasteiger partial charge is 0.306 e. The van der Waals surface area contributed by atoms with Crippen molar-refractivity contribution >= 4 is 23.4 Å². The maximum absolute atomic E-state index is 11.9. The first-order valence-electron chi connectivity index (χ1n) is 6.03. The summed E-state index contributed by atoms with van der Waals surface area (Å²) >= 11 is 0. The molecule has 1 aromatic rings. The summed E-state index contributed by atoms with van der Waals surface area (Å²) in [6, 6.07) is 4.80. The van der Waals surface area contributed by atoms with E-state index in [-0.39, 0.29) is 30.5 Å². The molecule has 112 valence electrons. The molecule has 0 fully saturated rings. The van der Waals surface area contributed by atoms with Crippen LogP contribution < -0.4 is 0 Å².